The molecule has 1 aliphatic carbocycles. The average molecular weight is 272 g/mol. The van der Waals surface area contributed by atoms with Gasteiger partial charge in [0, 0.05) is 13.1 Å². The highest BCUT2D eigenvalue weighted by Crippen LogP contribution is 2.36. The van der Waals surface area contributed by atoms with E-state index in [1.54, 1.807) is 5.56 Å². The van der Waals surface area contributed by atoms with Crippen molar-refractivity contribution in [1.82, 2.24) is 4.90 Å². The molecule has 2 heteroatoms. The molecule has 1 saturated carbocycles. The van der Waals surface area contributed by atoms with Crippen molar-refractivity contribution in [3.8, 4) is 0 Å². The molecule has 2 aliphatic rings. The van der Waals surface area contributed by atoms with Crippen LogP contribution in [0.2, 0.25) is 0 Å². The summed E-state index contributed by atoms with van der Waals surface area (Å²) >= 11 is 0. The van der Waals surface area contributed by atoms with Gasteiger partial charge in [-0.2, -0.15) is 0 Å². The zero-order chi connectivity index (χ0) is 13.8. The van der Waals surface area contributed by atoms with E-state index in [2.05, 4.69) is 29.2 Å². The summed E-state index contributed by atoms with van der Waals surface area (Å²) < 4.78 is 0. The second-order valence-electron chi connectivity index (χ2n) is 6.85. The van der Waals surface area contributed by atoms with Gasteiger partial charge in [-0.1, -0.05) is 43.5 Å². The van der Waals surface area contributed by atoms with Crippen LogP contribution < -0.4 is 5.73 Å². The molecule has 0 aromatic heterocycles. The molecule has 0 bridgehead atoms. The van der Waals surface area contributed by atoms with Crippen LogP contribution in [0.25, 0.3) is 0 Å². The van der Waals surface area contributed by atoms with Crippen molar-refractivity contribution in [2.45, 2.75) is 51.5 Å². The normalized spacial score (nSPS) is 23.1. The summed E-state index contributed by atoms with van der Waals surface area (Å²) in [6.07, 6.45) is 9.36. The number of nitrogens with two attached hydrogens (primary N) is 1. The fourth-order valence-corrected chi connectivity index (χ4v) is 4.11. The van der Waals surface area contributed by atoms with Gasteiger partial charge < -0.3 is 5.73 Å². The van der Waals surface area contributed by atoms with Gasteiger partial charge in [0.25, 0.3) is 0 Å². The maximum Gasteiger partial charge on any atom is 0.0236 e. The van der Waals surface area contributed by atoms with Crippen molar-refractivity contribution in [2.24, 2.45) is 11.1 Å². The molecule has 1 heterocycles. The van der Waals surface area contributed by atoms with Crippen LogP contribution in [0.15, 0.2) is 24.3 Å². The fraction of sp³-hybridized carbons (Fsp3) is 0.667. The van der Waals surface area contributed by atoms with Crippen molar-refractivity contribution in [2.75, 3.05) is 19.6 Å². The zero-order valence-electron chi connectivity index (χ0n) is 12.6. The molecule has 1 aliphatic heterocycles. The van der Waals surface area contributed by atoms with Gasteiger partial charge in [-0.05, 0) is 55.3 Å². The molecular formula is C18H28N2. The Kier molecular flexibility index (Phi) is 4.42. The summed E-state index contributed by atoms with van der Waals surface area (Å²) in [5.41, 5.74) is 9.65. The molecule has 1 fully saturated rings. The number of rotatable bonds is 3. The lowest BCUT2D eigenvalue weighted by atomic mass is 9.73. The van der Waals surface area contributed by atoms with Crippen LogP contribution in [0.4, 0.5) is 0 Å². The van der Waals surface area contributed by atoms with E-state index < -0.39 is 0 Å². The van der Waals surface area contributed by atoms with Gasteiger partial charge >= 0.3 is 0 Å². The van der Waals surface area contributed by atoms with E-state index in [0.29, 0.717) is 5.41 Å². The van der Waals surface area contributed by atoms with Crippen LogP contribution in [-0.2, 0) is 13.0 Å². The van der Waals surface area contributed by atoms with Crippen molar-refractivity contribution < 1.29 is 0 Å². The van der Waals surface area contributed by atoms with E-state index >= 15 is 0 Å². The minimum absolute atomic E-state index is 0.400. The Hall–Kier alpha value is -0.860. The van der Waals surface area contributed by atoms with Gasteiger partial charge in [0.2, 0.25) is 0 Å². The Morgan fingerprint density at radius 1 is 1.00 bits per heavy atom. The summed E-state index contributed by atoms with van der Waals surface area (Å²) in [6, 6.07) is 8.97. The van der Waals surface area contributed by atoms with Crippen molar-refractivity contribution in [3.05, 3.63) is 35.4 Å². The molecule has 0 spiro atoms. The van der Waals surface area contributed by atoms with E-state index in [9.17, 15) is 0 Å². The minimum atomic E-state index is 0.400. The monoisotopic (exact) mass is 272 g/mol. The van der Waals surface area contributed by atoms with E-state index in [-0.39, 0.29) is 0 Å². The molecule has 2 N–H and O–H groups in total. The second kappa shape index (κ2) is 6.28. The first-order valence-corrected chi connectivity index (χ1v) is 8.31. The molecule has 1 aromatic rings. The van der Waals surface area contributed by atoms with Crippen LogP contribution in [0.1, 0.15) is 49.7 Å². The topological polar surface area (TPSA) is 29.3 Å². The maximum atomic E-state index is 6.16. The smallest absolute Gasteiger partial charge is 0.0236 e. The molecule has 0 amide bonds. The predicted molar refractivity (Wildman–Crippen MR) is 84.6 cm³/mol. The quantitative estimate of drug-likeness (QED) is 0.914. The fourth-order valence-electron chi connectivity index (χ4n) is 4.11. The van der Waals surface area contributed by atoms with Crippen LogP contribution in [-0.4, -0.2) is 24.5 Å². The molecule has 0 unspecified atom stereocenters. The molecule has 110 valence electrons. The summed E-state index contributed by atoms with van der Waals surface area (Å²) in [5, 5.41) is 0. The lowest BCUT2D eigenvalue weighted by Gasteiger charge is -2.40. The summed E-state index contributed by atoms with van der Waals surface area (Å²) in [5.74, 6) is 0. The predicted octanol–water partition coefficient (Wildman–Crippen LogP) is 3.34. The third-order valence-corrected chi connectivity index (χ3v) is 5.34. The van der Waals surface area contributed by atoms with Crippen molar-refractivity contribution >= 4 is 0 Å². The van der Waals surface area contributed by atoms with Crippen molar-refractivity contribution in [3.63, 3.8) is 0 Å². The molecule has 0 atom stereocenters. The van der Waals surface area contributed by atoms with Crippen LogP contribution in [0.5, 0.6) is 0 Å². The second-order valence-corrected chi connectivity index (χ2v) is 6.85. The standard InChI is InChI=1S/C18H28N2/c19-14-18(10-4-1-5-11-18)15-20-12-6-9-16-7-2-3-8-17(16)13-20/h2-3,7-8H,1,4-6,9-15,19H2. The van der Waals surface area contributed by atoms with Crippen LogP contribution in [0.3, 0.4) is 0 Å². The lowest BCUT2D eigenvalue weighted by molar-refractivity contribution is 0.107. The Balaban J connectivity index is 1.71. The molecule has 0 saturated heterocycles. The van der Waals surface area contributed by atoms with Gasteiger partial charge in [-0.15, -0.1) is 0 Å². The molecule has 2 nitrogen and oxygen atoms in total. The minimum Gasteiger partial charge on any atom is -0.330 e. The van der Waals surface area contributed by atoms with Gasteiger partial charge in [-0.3, -0.25) is 4.90 Å². The van der Waals surface area contributed by atoms with Crippen molar-refractivity contribution in [1.29, 1.82) is 0 Å². The summed E-state index contributed by atoms with van der Waals surface area (Å²) in [7, 11) is 0. The molecule has 1 aromatic carbocycles. The van der Waals surface area contributed by atoms with Gasteiger partial charge in [-0.25, -0.2) is 0 Å². The largest absolute Gasteiger partial charge is 0.330 e. The SMILES string of the molecule is NCC1(CN2CCCc3ccccc3C2)CCCCC1. The third-order valence-electron chi connectivity index (χ3n) is 5.34. The first kappa shape index (κ1) is 14.1. The molecule has 20 heavy (non-hydrogen) atoms. The van der Waals surface area contributed by atoms with E-state index in [4.69, 9.17) is 5.73 Å². The number of aryl methyl sites for hydroxylation is 1. The van der Waals surface area contributed by atoms with Gasteiger partial charge in [0.1, 0.15) is 0 Å². The Morgan fingerprint density at radius 3 is 2.50 bits per heavy atom. The highest BCUT2D eigenvalue weighted by molar-refractivity contribution is 5.28. The number of benzene rings is 1. The summed E-state index contributed by atoms with van der Waals surface area (Å²) in [6.45, 7) is 4.43. The Labute approximate surface area is 123 Å². The van der Waals surface area contributed by atoms with E-state index in [1.807, 2.05) is 0 Å². The number of fused-ring (bicyclic) bond motifs is 1. The van der Waals surface area contributed by atoms with E-state index in [0.717, 1.165) is 13.1 Å². The number of hydrogen-bond donors (Lipinski definition) is 1. The third kappa shape index (κ3) is 3.07. The first-order chi connectivity index (χ1) is 9.81. The van der Waals surface area contributed by atoms with Crippen LogP contribution in [0, 0.1) is 5.41 Å². The molecular weight excluding hydrogens is 244 g/mol. The highest BCUT2D eigenvalue weighted by Gasteiger charge is 2.33. The Morgan fingerprint density at radius 2 is 1.75 bits per heavy atom. The molecule has 3 rings (SSSR count). The van der Waals surface area contributed by atoms with Crippen LogP contribution >= 0.6 is 0 Å². The Bertz CT molecular complexity index is 435. The van der Waals surface area contributed by atoms with E-state index in [1.165, 1.54) is 63.6 Å². The average Bonchev–Trinajstić information content (AvgIpc) is 2.69. The maximum absolute atomic E-state index is 6.16. The molecule has 0 radical (unpaired) electrons. The van der Waals surface area contributed by atoms with Gasteiger partial charge in [0.15, 0.2) is 0 Å². The lowest BCUT2D eigenvalue weighted by Crippen LogP contribution is -2.43. The first-order valence-electron chi connectivity index (χ1n) is 8.31. The summed E-state index contributed by atoms with van der Waals surface area (Å²) in [4.78, 5) is 2.67. The zero-order valence-corrected chi connectivity index (χ0v) is 12.6. The number of nitrogens with zero attached hydrogens (tertiary/aromatic N) is 1. The van der Waals surface area contributed by atoms with Gasteiger partial charge in [0.05, 0.1) is 0 Å². The highest BCUT2D eigenvalue weighted by atomic mass is 15.1. The number of hydrogen-bond acceptors (Lipinski definition) is 2.